The zero-order valence-electron chi connectivity index (χ0n) is 13.3. The summed E-state index contributed by atoms with van der Waals surface area (Å²) in [6.07, 6.45) is 9.57. The van der Waals surface area contributed by atoms with Crippen molar-refractivity contribution < 1.29 is 4.79 Å². The molecule has 1 saturated carbocycles. The van der Waals surface area contributed by atoms with E-state index in [1.54, 1.807) is 5.57 Å². The largest absolute Gasteiger partial charge is 0.342 e. The zero-order valence-corrected chi connectivity index (χ0v) is 13.3. The van der Waals surface area contributed by atoms with Crippen LogP contribution in [0.3, 0.4) is 0 Å². The molecule has 2 heteroatoms. The summed E-state index contributed by atoms with van der Waals surface area (Å²) in [6, 6.07) is 0. The quantitative estimate of drug-likeness (QED) is 0.662. The molecule has 2 fully saturated rings. The van der Waals surface area contributed by atoms with Gasteiger partial charge in [0.05, 0.1) is 0 Å². The van der Waals surface area contributed by atoms with Gasteiger partial charge >= 0.3 is 0 Å². The van der Waals surface area contributed by atoms with E-state index in [1.165, 1.54) is 25.7 Å². The molecule has 3 atom stereocenters. The molecule has 0 N–H and O–H groups in total. The van der Waals surface area contributed by atoms with Gasteiger partial charge in [0, 0.05) is 18.5 Å². The van der Waals surface area contributed by atoms with Gasteiger partial charge in [0.2, 0.25) is 5.91 Å². The first-order valence-corrected chi connectivity index (χ1v) is 8.45. The van der Waals surface area contributed by atoms with Crippen LogP contribution in [0.25, 0.3) is 0 Å². The third-order valence-electron chi connectivity index (χ3n) is 5.59. The minimum atomic E-state index is -0.121. The summed E-state index contributed by atoms with van der Waals surface area (Å²) in [5.41, 5.74) is 1.52. The van der Waals surface area contributed by atoms with Crippen molar-refractivity contribution in [2.24, 2.45) is 23.2 Å². The number of nitrogens with zero attached hydrogens (tertiary/aromatic N) is 1. The van der Waals surface area contributed by atoms with E-state index in [0.717, 1.165) is 31.8 Å². The molecular weight excluding hydrogens is 246 g/mol. The van der Waals surface area contributed by atoms with Crippen LogP contribution in [0.2, 0.25) is 0 Å². The lowest BCUT2D eigenvalue weighted by atomic mass is 9.63. The van der Waals surface area contributed by atoms with Crippen LogP contribution in [-0.4, -0.2) is 23.9 Å². The number of carbonyl (C=O) groups is 1. The zero-order chi connectivity index (χ0) is 14.3. The molecule has 4 aliphatic rings. The second-order valence-corrected chi connectivity index (χ2v) is 8.04. The van der Waals surface area contributed by atoms with Gasteiger partial charge in [-0.15, -0.1) is 0 Å². The normalized spacial score (nSPS) is 41.2. The van der Waals surface area contributed by atoms with Crippen LogP contribution in [0.4, 0.5) is 0 Å². The van der Waals surface area contributed by atoms with Crippen LogP contribution in [0.5, 0.6) is 0 Å². The summed E-state index contributed by atoms with van der Waals surface area (Å²) in [7, 11) is 0. The summed E-state index contributed by atoms with van der Waals surface area (Å²) < 4.78 is 0. The summed E-state index contributed by atoms with van der Waals surface area (Å²) in [4.78, 5) is 15.3. The monoisotopic (exact) mass is 275 g/mol. The Balaban J connectivity index is 1.76. The second kappa shape index (κ2) is 5.20. The highest BCUT2D eigenvalue weighted by Gasteiger charge is 2.43. The fraction of sp³-hybridized carbons (Fsp3) is 0.833. The highest BCUT2D eigenvalue weighted by molar-refractivity contribution is 5.82. The third-order valence-corrected chi connectivity index (χ3v) is 5.59. The molecule has 1 aliphatic heterocycles. The van der Waals surface area contributed by atoms with Crippen LogP contribution in [-0.2, 0) is 4.79 Å². The Kier molecular flexibility index (Phi) is 3.68. The van der Waals surface area contributed by atoms with Gasteiger partial charge < -0.3 is 4.90 Å². The van der Waals surface area contributed by atoms with Crippen molar-refractivity contribution in [3.8, 4) is 0 Å². The predicted octanol–water partition coefficient (Wildman–Crippen LogP) is 4.02. The molecule has 0 aromatic carbocycles. The van der Waals surface area contributed by atoms with Crippen molar-refractivity contribution in [2.45, 2.75) is 59.3 Å². The van der Waals surface area contributed by atoms with Crippen LogP contribution in [0.15, 0.2) is 11.6 Å². The minimum absolute atomic E-state index is 0.121. The van der Waals surface area contributed by atoms with Crippen molar-refractivity contribution in [3.05, 3.63) is 11.6 Å². The lowest BCUT2D eigenvalue weighted by Gasteiger charge is -2.45. The van der Waals surface area contributed by atoms with Crippen molar-refractivity contribution >= 4 is 5.91 Å². The summed E-state index contributed by atoms with van der Waals surface area (Å²) >= 11 is 0. The average molecular weight is 275 g/mol. The molecule has 1 saturated heterocycles. The number of allylic oxidation sites excluding steroid dienone is 2. The first-order valence-electron chi connectivity index (χ1n) is 8.45. The van der Waals surface area contributed by atoms with Crippen LogP contribution in [0.1, 0.15) is 59.3 Å². The molecule has 3 unspecified atom stereocenters. The maximum Gasteiger partial charge on any atom is 0.228 e. The number of amides is 1. The molecule has 0 aromatic heterocycles. The van der Waals surface area contributed by atoms with Crippen LogP contribution in [0, 0.1) is 23.2 Å². The molecule has 1 heterocycles. The molecule has 4 rings (SSSR count). The van der Waals surface area contributed by atoms with E-state index in [0.29, 0.717) is 17.7 Å². The van der Waals surface area contributed by atoms with Crippen LogP contribution >= 0.6 is 0 Å². The molecular formula is C18H29NO. The first-order chi connectivity index (χ1) is 9.46. The van der Waals surface area contributed by atoms with Gasteiger partial charge in [-0.25, -0.2) is 0 Å². The topological polar surface area (TPSA) is 20.3 Å². The maximum absolute atomic E-state index is 13.1. The van der Waals surface area contributed by atoms with Gasteiger partial charge in [0.15, 0.2) is 0 Å². The Labute approximate surface area is 123 Å². The Morgan fingerprint density at radius 1 is 1.30 bits per heavy atom. The van der Waals surface area contributed by atoms with E-state index in [2.05, 4.69) is 31.7 Å². The molecule has 0 radical (unpaired) electrons. The molecule has 0 spiro atoms. The van der Waals surface area contributed by atoms with Gasteiger partial charge in [0.25, 0.3) is 0 Å². The maximum atomic E-state index is 13.1. The first kappa shape index (κ1) is 14.2. The Morgan fingerprint density at radius 3 is 2.75 bits per heavy atom. The van der Waals surface area contributed by atoms with E-state index in [-0.39, 0.29) is 5.41 Å². The summed E-state index contributed by atoms with van der Waals surface area (Å²) in [5, 5.41) is 0. The van der Waals surface area contributed by atoms with Crippen molar-refractivity contribution in [1.82, 2.24) is 4.90 Å². The number of hydrogen-bond donors (Lipinski definition) is 0. The van der Waals surface area contributed by atoms with Crippen molar-refractivity contribution in [2.75, 3.05) is 13.1 Å². The number of carbonyl (C=O) groups excluding carboxylic acids is 1. The van der Waals surface area contributed by atoms with Crippen molar-refractivity contribution in [1.29, 1.82) is 0 Å². The molecule has 2 bridgehead atoms. The summed E-state index contributed by atoms with van der Waals surface area (Å²) in [5.74, 6) is 2.45. The number of piperidine rings is 1. The molecule has 1 amide bonds. The van der Waals surface area contributed by atoms with E-state index >= 15 is 0 Å². The van der Waals surface area contributed by atoms with E-state index < -0.39 is 0 Å². The molecule has 2 nitrogen and oxygen atoms in total. The van der Waals surface area contributed by atoms with E-state index in [4.69, 9.17) is 0 Å². The fourth-order valence-corrected chi connectivity index (χ4v) is 4.78. The number of hydrogen-bond acceptors (Lipinski definition) is 1. The third kappa shape index (κ3) is 2.66. The Hall–Kier alpha value is -0.790. The smallest absolute Gasteiger partial charge is 0.228 e. The van der Waals surface area contributed by atoms with Crippen molar-refractivity contribution in [3.63, 3.8) is 0 Å². The number of rotatable bonds is 1. The standard InChI is InChI=1S/C18H29NO/c1-13-5-4-6-19(12-13)17(20)18(3)10-14(2)7-15-8-16(9-15)11-18/h7,13-14,16H,4-6,8-12H2,1-3H3. The number of fused-ring (bicyclic) bond motifs is 4. The molecule has 112 valence electrons. The fourth-order valence-electron chi connectivity index (χ4n) is 4.78. The molecule has 0 aromatic rings. The average Bonchev–Trinajstić information content (AvgIpc) is 2.32. The Bertz CT molecular complexity index is 419. The van der Waals surface area contributed by atoms with Gasteiger partial charge in [-0.05, 0) is 56.3 Å². The minimum Gasteiger partial charge on any atom is -0.342 e. The van der Waals surface area contributed by atoms with Gasteiger partial charge in [-0.2, -0.15) is 0 Å². The highest BCUT2D eigenvalue weighted by atomic mass is 16.2. The SMILES string of the molecule is CC1C=C2CC(C2)CC(C)(C(=O)N2CCCC(C)C2)C1. The second-order valence-electron chi connectivity index (χ2n) is 8.04. The highest BCUT2D eigenvalue weighted by Crippen LogP contribution is 2.48. The lowest BCUT2D eigenvalue weighted by Crippen LogP contribution is -2.48. The molecule has 20 heavy (non-hydrogen) atoms. The van der Waals surface area contributed by atoms with Gasteiger partial charge in [-0.1, -0.05) is 32.4 Å². The van der Waals surface area contributed by atoms with E-state index in [9.17, 15) is 4.79 Å². The lowest BCUT2D eigenvalue weighted by molar-refractivity contribution is -0.145. The molecule has 3 aliphatic carbocycles. The predicted molar refractivity (Wildman–Crippen MR) is 82.3 cm³/mol. The van der Waals surface area contributed by atoms with Crippen LogP contribution < -0.4 is 0 Å². The van der Waals surface area contributed by atoms with E-state index in [1.807, 2.05) is 0 Å². The van der Waals surface area contributed by atoms with Gasteiger partial charge in [0.1, 0.15) is 0 Å². The number of likely N-dealkylation sites (tertiary alicyclic amines) is 1. The summed E-state index contributed by atoms with van der Waals surface area (Å²) in [6.45, 7) is 8.77. The van der Waals surface area contributed by atoms with Gasteiger partial charge in [-0.3, -0.25) is 4.79 Å². The Morgan fingerprint density at radius 2 is 2.05 bits per heavy atom.